The monoisotopic (exact) mass is 201 g/mol. The molecule has 14 heavy (non-hydrogen) atoms. The van der Waals surface area contributed by atoms with Gasteiger partial charge in [0.15, 0.2) is 0 Å². The Morgan fingerprint density at radius 1 is 1.36 bits per heavy atom. The lowest BCUT2D eigenvalue weighted by Gasteiger charge is -2.02. The van der Waals surface area contributed by atoms with Crippen LogP contribution in [-0.4, -0.2) is 25.2 Å². The van der Waals surface area contributed by atoms with Gasteiger partial charge >= 0.3 is 12.1 Å². The molecular weight excluding hydrogens is 186 g/mol. The summed E-state index contributed by atoms with van der Waals surface area (Å²) in [7, 11) is 0. The van der Waals surface area contributed by atoms with E-state index in [0.29, 0.717) is 0 Å². The Hall–Kier alpha value is -1.52. The van der Waals surface area contributed by atoms with Crippen LogP contribution >= 0.6 is 0 Å². The zero-order valence-electron chi connectivity index (χ0n) is 8.41. The summed E-state index contributed by atoms with van der Waals surface area (Å²) in [5, 5.41) is 2.24. The first-order valence-electron chi connectivity index (χ1n) is 4.45. The highest BCUT2D eigenvalue weighted by Crippen LogP contribution is 1.84. The molecule has 0 aliphatic carbocycles. The van der Waals surface area contributed by atoms with Crippen LogP contribution in [0.4, 0.5) is 4.79 Å². The van der Waals surface area contributed by atoms with Crippen LogP contribution in [0.25, 0.3) is 0 Å². The number of carbonyl (C=O) groups is 2. The number of nitrogens with one attached hydrogen (secondary N) is 1. The second-order valence-corrected chi connectivity index (χ2v) is 2.34. The molecule has 0 unspecified atom stereocenters. The van der Waals surface area contributed by atoms with E-state index in [1.54, 1.807) is 13.0 Å². The van der Waals surface area contributed by atoms with E-state index in [4.69, 9.17) is 0 Å². The molecule has 0 saturated carbocycles. The van der Waals surface area contributed by atoms with Gasteiger partial charge in [0.2, 0.25) is 0 Å². The molecule has 0 saturated heterocycles. The maximum Gasteiger partial charge on any atom is 0.407 e. The van der Waals surface area contributed by atoms with E-state index in [-0.39, 0.29) is 13.2 Å². The average molecular weight is 201 g/mol. The number of amides is 1. The van der Waals surface area contributed by atoms with Crippen LogP contribution in [0.2, 0.25) is 0 Å². The van der Waals surface area contributed by atoms with Crippen LogP contribution in [0, 0.1) is 0 Å². The Morgan fingerprint density at radius 2 is 2.07 bits per heavy atom. The summed E-state index contributed by atoms with van der Waals surface area (Å²) < 4.78 is 9.16. The molecule has 5 heteroatoms. The fraction of sp³-hybridized carbons (Fsp3) is 0.556. The molecule has 0 aromatic carbocycles. The van der Waals surface area contributed by atoms with Crippen molar-refractivity contribution in [1.82, 2.24) is 5.32 Å². The zero-order valence-corrected chi connectivity index (χ0v) is 8.41. The summed E-state index contributed by atoms with van der Waals surface area (Å²) >= 11 is 0. The molecular formula is C9H15NO4. The first-order valence-corrected chi connectivity index (χ1v) is 4.45. The summed E-state index contributed by atoms with van der Waals surface area (Å²) in [6.07, 6.45) is 3.17. The van der Waals surface area contributed by atoms with Gasteiger partial charge in [0.1, 0.15) is 6.54 Å². The molecule has 1 N–H and O–H groups in total. The normalized spacial score (nSPS) is 9.86. The fourth-order valence-corrected chi connectivity index (χ4v) is 0.588. The van der Waals surface area contributed by atoms with Crippen LogP contribution in [0.5, 0.6) is 0 Å². The van der Waals surface area contributed by atoms with Crippen LogP contribution in [-0.2, 0) is 14.3 Å². The molecule has 5 nitrogen and oxygen atoms in total. The van der Waals surface area contributed by atoms with Gasteiger partial charge in [-0.25, -0.2) is 9.59 Å². The number of esters is 1. The molecule has 0 rings (SSSR count). The molecule has 0 radical (unpaired) electrons. The number of ether oxygens (including phenoxy) is 2. The first kappa shape index (κ1) is 12.5. The van der Waals surface area contributed by atoms with Gasteiger partial charge in [0.25, 0.3) is 0 Å². The second-order valence-electron chi connectivity index (χ2n) is 2.34. The van der Waals surface area contributed by atoms with Crippen molar-refractivity contribution in [2.75, 3.05) is 13.2 Å². The van der Waals surface area contributed by atoms with E-state index in [0.717, 1.165) is 6.42 Å². The van der Waals surface area contributed by atoms with E-state index >= 15 is 0 Å². The first-order chi connectivity index (χ1) is 6.70. The van der Waals surface area contributed by atoms with E-state index in [2.05, 4.69) is 14.8 Å². The highest BCUT2D eigenvalue weighted by molar-refractivity contribution is 5.78. The highest BCUT2D eigenvalue weighted by Gasteiger charge is 2.04. The Bertz CT molecular complexity index is 213. The third-order valence-electron chi connectivity index (χ3n) is 1.18. The topological polar surface area (TPSA) is 64.6 Å². The fourth-order valence-electron chi connectivity index (χ4n) is 0.588. The summed E-state index contributed by atoms with van der Waals surface area (Å²) in [5.41, 5.74) is 0. The average Bonchev–Trinajstić information content (AvgIpc) is 2.16. The van der Waals surface area contributed by atoms with E-state index < -0.39 is 12.1 Å². The van der Waals surface area contributed by atoms with Gasteiger partial charge in [-0.3, -0.25) is 0 Å². The predicted molar refractivity (Wildman–Crippen MR) is 50.5 cm³/mol. The van der Waals surface area contributed by atoms with Crippen LogP contribution < -0.4 is 5.32 Å². The largest absolute Gasteiger partial charge is 0.450 e. The van der Waals surface area contributed by atoms with Crippen LogP contribution in [0.1, 0.15) is 20.3 Å². The van der Waals surface area contributed by atoms with Crippen molar-refractivity contribution in [3.8, 4) is 0 Å². The Kier molecular flexibility index (Phi) is 7.22. The molecule has 0 aromatic heterocycles. The maximum atomic E-state index is 10.9. The molecule has 0 heterocycles. The van der Waals surface area contributed by atoms with Crippen molar-refractivity contribution >= 4 is 12.1 Å². The molecule has 80 valence electrons. The van der Waals surface area contributed by atoms with E-state index in [1.165, 1.54) is 6.26 Å². The van der Waals surface area contributed by atoms with Crippen molar-refractivity contribution in [2.24, 2.45) is 0 Å². The summed E-state index contributed by atoms with van der Waals surface area (Å²) in [6.45, 7) is 3.69. The number of allylic oxidation sites excluding steroid dienone is 1. The van der Waals surface area contributed by atoms with Crippen LogP contribution in [0.3, 0.4) is 0 Å². The number of hydrogen-bond donors (Lipinski definition) is 1. The van der Waals surface area contributed by atoms with E-state index in [9.17, 15) is 9.59 Å². The smallest absolute Gasteiger partial charge is 0.407 e. The summed E-state index contributed by atoms with van der Waals surface area (Å²) in [6, 6.07) is 0. The standard InChI is InChI=1S/C9H15NO4/c1-3-5-6-14-8(11)7-10-9(12)13-4-2/h5-6H,3-4,7H2,1-2H3,(H,10,12). The van der Waals surface area contributed by atoms with Gasteiger partial charge in [-0.15, -0.1) is 0 Å². The third kappa shape index (κ3) is 7.15. The SMILES string of the molecule is CCC=COC(=O)CNC(=O)OCC. The van der Waals surface area contributed by atoms with Gasteiger partial charge in [-0.1, -0.05) is 6.92 Å². The summed E-state index contributed by atoms with van der Waals surface area (Å²) in [5.74, 6) is -0.525. The molecule has 0 spiro atoms. The number of hydrogen-bond acceptors (Lipinski definition) is 4. The number of rotatable bonds is 5. The highest BCUT2D eigenvalue weighted by atomic mass is 16.6. The number of alkyl carbamates (subject to hydrolysis) is 1. The van der Waals surface area contributed by atoms with Gasteiger partial charge in [0, 0.05) is 0 Å². The van der Waals surface area contributed by atoms with Crippen molar-refractivity contribution in [3.63, 3.8) is 0 Å². The molecule has 0 atom stereocenters. The maximum absolute atomic E-state index is 10.9. The third-order valence-corrected chi connectivity index (χ3v) is 1.18. The molecule has 0 bridgehead atoms. The van der Waals surface area contributed by atoms with E-state index in [1.807, 2.05) is 6.92 Å². The second kappa shape index (κ2) is 8.10. The number of carbonyl (C=O) groups excluding carboxylic acids is 2. The predicted octanol–water partition coefficient (Wildman–Crippen LogP) is 1.20. The lowest BCUT2D eigenvalue weighted by molar-refractivity contribution is -0.136. The zero-order chi connectivity index (χ0) is 10.8. The molecule has 1 amide bonds. The molecule has 0 aliphatic heterocycles. The Morgan fingerprint density at radius 3 is 2.64 bits per heavy atom. The van der Waals surface area contributed by atoms with Crippen molar-refractivity contribution < 1.29 is 19.1 Å². The minimum Gasteiger partial charge on any atom is -0.450 e. The lowest BCUT2D eigenvalue weighted by Crippen LogP contribution is -2.30. The molecule has 0 aliphatic rings. The lowest BCUT2D eigenvalue weighted by atomic mass is 10.5. The minimum atomic E-state index is -0.621. The summed E-state index contributed by atoms with van der Waals surface area (Å²) in [4.78, 5) is 21.6. The van der Waals surface area contributed by atoms with Gasteiger partial charge in [0.05, 0.1) is 12.9 Å². The molecule has 0 fully saturated rings. The molecule has 0 aromatic rings. The van der Waals surface area contributed by atoms with Gasteiger partial charge in [-0.05, 0) is 19.4 Å². The van der Waals surface area contributed by atoms with Crippen molar-refractivity contribution in [3.05, 3.63) is 12.3 Å². The minimum absolute atomic E-state index is 0.188. The van der Waals surface area contributed by atoms with Gasteiger partial charge in [-0.2, -0.15) is 0 Å². The quantitative estimate of drug-likeness (QED) is 0.536. The van der Waals surface area contributed by atoms with Crippen molar-refractivity contribution in [1.29, 1.82) is 0 Å². The van der Waals surface area contributed by atoms with Gasteiger partial charge < -0.3 is 14.8 Å². The van der Waals surface area contributed by atoms with Crippen molar-refractivity contribution in [2.45, 2.75) is 20.3 Å². The Balaban J connectivity index is 3.53. The van der Waals surface area contributed by atoms with Crippen LogP contribution in [0.15, 0.2) is 12.3 Å². The Labute approximate surface area is 83.1 Å².